The van der Waals surface area contributed by atoms with Crippen molar-refractivity contribution in [2.75, 3.05) is 0 Å². The summed E-state index contributed by atoms with van der Waals surface area (Å²) in [5, 5.41) is 0. The van der Waals surface area contributed by atoms with E-state index in [1.165, 1.54) is 68.5 Å². The van der Waals surface area contributed by atoms with Crippen molar-refractivity contribution < 1.29 is 0 Å². The Labute approximate surface area is 263 Å². The number of benzene rings is 3. The van der Waals surface area contributed by atoms with E-state index in [9.17, 15) is 0 Å². The highest BCUT2D eigenvalue weighted by molar-refractivity contribution is 7.31. The van der Waals surface area contributed by atoms with Crippen LogP contribution in [0.25, 0.3) is 62.2 Å². The fourth-order valence-corrected chi connectivity index (χ4v) is 9.60. The Bertz CT molecular complexity index is 1950. The maximum absolute atomic E-state index is 4.77. The summed E-state index contributed by atoms with van der Waals surface area (Å²) in [5.74, 6) is 1.34. The summed E-state index contributed by atoms with van der Waals surface area (Å²) in [6, 6.07) is 31.8. The molecule has 0 unspecified atom stereocenters. The summed E-state index contributed by atoms with van der Waals surface area (Å²) < 4.78 is 12.2. The molecular formula is C36H32N2S4. The van der Waals surface area contributed by atoms with Crippen LogP contribution in [0.4, 0.5) is 0 Å². The molecule has 0 spiro atoms. The molecule has 6 heteroatoms. The predicted molar refractivity (Wildman–Crippen MR) is 187 cm³/mol. The molecular weight excluding hydrogens is 589 g/mol. The summed E-state index contributed by atoms with van der Waals surface area (Å²) in [5.41, 5.74) is 9.72. The summed E-state index contributed by atoms with van der Waals surface area (Å²) in [6.45, 7) is 9.08. The second-order valence-corrected chi connectivity index (χ2v) is 15.6. The van der Waals surface area contributed by atoms with Crippen LogP contribution in [0.5, 0.6) is 0 Å². The van der Waals surface area contributed by atoms with Gasteiger partial charge in [0, 0.05) is 40.0 Å². The Morgan fingerprint density at radius 1 is 0.500 bits per heavy atom. The molecule has 0 fully saturated rings. The number of aromatic nitrogens is 2. The zero-order valence-corrected chi connectivity index (χ0v) is 27.4. The number of hydrogen-bond acceptors (Lipinski definition) is 6. The van der Waals surface area contributed by atoms with E-state index in [4.69, 9.17) is 8.75 Å². The molecule has 0 N–H and O–H groups in total. The molecule has 0 aliphatic carbocycles. The van der Waals surface area contributed by atoms with Gasteiger partial charge in [-0.25, -0.2) is 0 Å². The van der Waals surface area contributed by atoms with Gasteiger partial charge in [0.2, 0.25) is 0 Å². The van der Waals surface area contributed by atoms with Crippen LogP contribution in [-0.2, 0) is 12.8 Å². The molecule has 2 nitrogen and oxygen atoms in total. The van der Waals surface area contributed by atoms with Crippen molar-refractivity contribution in [1.82, 2.24) is 8.75 Å². The van der Waals surface area contributed by atoms with E-state index in [1.807, 2.05) is 34.0 Å². The molecule has 0 amide bonds. The van der Waals surface area contributed by atoms with E-state index in [1.54, 1.807) is 0 Å². The first-order chi connectivity index (χ1) is 20.4. The summed E-state index contributed by atoms with van der Waals surface area (Å²) in [4.78, 5) is 5.10. The lowest BCUT2D eigenvalue weighted by Crippen LogP contribution is -1.93. The largest absolute Gasteiger partial charge is 0.172 e. The molecule has 0 radical (unpaired) electrons. The predicted octanol–water partition coefficient (Wildman–Crippen LogP) is 12.1. The quantitative estimate of drug-likeness (QED) is 0.169. The minimum Gasteiger partial charge on any atom is -0.172 e. The SMILES string of the molecule is CC(C)Cc1ccc(-c2ccc(-c3ccc(-c4cc5sc(-c6ccc(CC(C)C)cc6)cc5s4)c4nsnc34)s2)cc1. The van der Waals surface area contributed by atoms with E-state index in [0.29, 0.717) is 11.8 Å². The van der Waals surface area contributed by atoms with Gasteiger partial charge >= 0.3 is 0 Å². The fourth-order valence-electron chi connectivity index (χ4n) is 5.57. The Morgan fingerprint density at radius 2 is 0.976 bits per heavy atom. The number of thiophene rings is 3. The Kier molecular flexibility index (Phi) is 7.57. The molecule has 0 bridgehead atoms. The minimum absolute atomic E-state index is 0.668. The average Bonchev–Trinajstić information content (AvgIpc) is 3.77. The van der Waals surface area contributed by atoms with E-state index in [0.717, 1.165) is 29.4 Å². The van der Waals surface area contributed by atoms with Crippen LogP contribution < -0.4 is 0 Å². The normalized spacial score (nSPS) is 12.0. The van der Waals surface area contributed by atoms with E-state index in [-0.39, 0.29) is 0 Å². The van der Waals surface area contributed by atoms with Crippen molar-refractivity contribution >= 4 is 66.2 Å². The Hall–Kier alpha value is -3.16. The van der Waals surface area contributed by atoms with E-state index >= 15 is 0 Å². The Morgan fingerprint density at radius 3 is 1.55 bits per heavy atom. The molecule has 4 heterocycles. The molecule has 7 rings (SSSR count). The third-order valence-corrected chi connectivity index (χ3v) is 11.6. The monoisotopic (exact) mass is 620 g/mol. The van der Waals surface area contributed by atoms with Gasteiger partial charge in [0.1, 0.15) is 11.0 Å². The van der Waals surface area contributed by atoms with Gasteiger partial charge in [-0.1, -0.05) is 88.4 Å². The van der Waals surface area contributed by atoms with E-state index in [2.05, 4.69) is 113 Å². The average molecular weight is 621 g/mol. The third kappa shape index (κ3) is 5.49. The van der Waals surface area contributed by atoms with E-state index < -0.39 is 0 Å². The van der Waals surface area contributed by atoms with Crippen LogP contribution in [0, 0.1) is 11.8 Å². The molecule has 7 aromatic rings. The second kappa shape index (κ2) is 11.5. The van der Waals surface area contributed by atoms with Gasteiger partial charge in [0.05, 0.1) is 11.7 Å². The molecule has 0 atom stereocenters. The molecule has 3 aromatic carbocycles. The van der Waals surface area contributed by atoms with Crippen molar-refractivity contribution in [1.29, 1.82) is 0 Å². The van der Waals surface area contributed by atoms with Crippen molar-refractivity contribution in [3.8, 4) is 41.8 Å². The molecule has 0 aliphatic heterocycles. The lowest BCUT2D eigenvalue weighted by atomic mass is 10.0. The lowest BCUT2D eigenvalue weighted by molar-refractivity contribution is 0.647. The molecule has 0 aliphatic rings. The van der Waals surface area contributed by atoms with Crippen molar-refractivity contribution in [3.63, 3.8) is 0 Å². The van der Waals surface area contributed by atoms with Crippen LogP contribution in [-0.4, -0.2) is 8.75 Å². The first-order valence-corrected chi connectivity index (χ1v) is 17.7. The Balaban J connectivity index is 1.16. The highest BCUT2D eigenvalue weighted by atomic mass is 32.1. The van der Waals surface area contributed by atoms with Crippen LogP contribution in [0.2, 0.25) is 0 Å². The lowest BCUT2D eigenvalue weighted by Gasteiger charge is -2.06. The first-order valence-electron chi connectivity index (χ1n) is 14.5. The molecule has 0 saturated carbocycles. The van der Waals surface area contributed by atoms with Crippen molar-refractivity contribution in [2.45, 2.75) is 40.5 Å². The summed E-state index contributed by atoms with van der Waals surface area (Å²) in [7, 11) is 0. The zero-order valence-electron chi connectivity index (χ0n) is 24.2. The molecule has 42 heavy (non-hydrogen) atoms. The molecule has 210 valence electrons. The van der Waals surface area contributed by atoms with Gasteiger partial charge in [-0.3, -0.25) is 0 Å². The van der Waals surface area contributed by atoms with Crippen molar-refractivity contribution in [3.05, 3.63) is 96.1 Å². The highest BCUT2D eigenvalue weighted by Gasteiger charge is 2.18. The van der Waals surface area contributed by atoms with Crippen LogP contribution in [0.15, 0.2) is 84.9 Å². The van der Waals surface area contributed by atoms with Gasteiger partial charge in [-0.2, -0.15) is 8.75 Å². The number of fused-ring (bicyclic) bond motifs is 2. The topological polar surface area (TPSA) is 25.8 Å². The van der Waals surface area contributed by atoms with Gasteiger partial charge in [-0.15, -0.1) is 34.0 Å². The number of rotatable bonds is 8. The highest BCUT2D eigenvalue weighted by Crippen LogP contribution is 2.45. The first kappa shape index (κ1) is 27.7. The van der Waals surface area contributed by atoms with Gasteiger partial charge in [-0.05, 0) is 71.2 Å². The van der Waals surface area contributed by atoms with Crippen LogP contribution >= 0.6 is 45.7 Å². The van der Waals surface area contributed by atoms with Gasteiger partial charge in [0.15, 0.2) is 0 Å². The minimum atomic E-state index is 0.668. The summed E-state index contributed by atoms with van der Waals surface area (Å²) in [6.07, 6.45) is 2.24. The fraction of sp³-hybridized carbons (Fsp3) is 0.222. The maximum atomic E-state index is 4.77. The third-order valence-electron chi connectivity index (χ3n) is 7.52. The van der Waals surface area contributed by atoms with Gasteiger partial charge < -0.3 is 0 Å². The van der Waals surface area contributed by atoms with Crippen LogP contribution in [0.1, 0.15) is 38.8 Å². The standard InChI is InChI=1S/C36H32N2S4/c1-21(2)17-23-5-9-25(10-6-23)29-15-16-30(39-29)27-13-14-28(36-35(27)37-42-38-36)32-20-34-33(41-32)19-31(40-34)26-11-7-24(8-12-26)18-22(3)4/h5-16,19-22H,17-18H2,1-4H3. The smallest absolute Gasteiger partial charge is 0.114 e. The molecule has 0 saturated heterocycles. The maximum Gasteiger partial charge on any atom is 0.114 e. The number of nitrogens with zero attached hydrogens (tertiary/aromatic N) is 2. The second-order valence-electron chi connectivity index (χ2n) is 11.8. The zero-order chi connectivity index (χ0) is 28.8. The van der Waals surface area contributed by atoms with Crippen LogP contribution in [0.3, 0.4) is 0 Å². The molecule has 4 aromatic heterocycles. The summed E-state index contributed by atoms with van der Waals surface area (Å²) >= 11 is 6.86. The number of hydrogen-bond donors (Lipinski definition) is 0. The van der Waals surface area contributed by atoms with Gasteiger partial charge in [0.25, 0.3) is 0 Å². The van der Waals surface area contributed by atoms with Crippen molar-refractivity contribution in [2.24, 2.45) is 11.8 Å².